The summed E-state index contributed by atoms with van der Waals surface area (Å²) in [7, 11) is 1.59. The van der Waals surface area contributed by atoms with E-state index in [-0.39, 0.29) is 12.3 Å². The second-order valence-corrected chi connectivity index (χ2v) is 5.51. The molecular formula is C19H26O6. The third-order valence-electron chi connectivity index (χ3n) is 3.67. The number of carbonyl (C=O) groups is 1. The first-order valence-corrected chi connectivity index (χ1v) is 8.61. The average Bonchev–Trinajstić information content (AvgIpc) is 2.65. The number of rotatable bonds is 9. The molecule has 1 aromatic rings. The maximum atomic E-state index is 11.4. The van der Waals surface area contributed by atoms with Crippen LogP contribution in [0.25, 0.3) is 6.08 Å². The zero-order chi connectivity index (χ0) is 17.9. The molecule has 1 aliphatic rings. The molecular weight excluding hydrogens is 324 g/mol. The summed E-state index contributed by atoms with van der Waals surface area (Å²) in [6.45, 7) is 3.71. The predicted molar refractivity (Wildman–Crippen MR) is 93.7 cm³/mol. The largest absolute Gasteiger partial charge is 0.493 e. The molecule has 0 radical (unpaired) electrons. The van der Waals surface area contributed by atoms with Crippen LogP contribution in [0.3, 0.4) is 0 Å². The van der Waals surface area contributed by atoms with Crippen LogP contribution in [0.2, 0.25) is 0 Å². The molecule has 0 saturated carbocycles. The summed E-state index contributed by atoms with van der Waals surface area (Å²) in [5.74, 6) is 0.852. The second-order valence-electron chi connectivity index (χ2n) is 5.51. The highest BCUT2D eigenvalue weighted by molar-refractivity contribution is 5.87. The lowest BCUT2D eigenvalue weighted by Crippen LogP contribution is -2.24. The molecule has 0 N–H and O–H groups in total. The third-order valence-corrected chi connectivity index (χ3v) is 3.67. The van der Waals surface area contributed by atoms with Crippen molar-refractivity contribution < 1.29 is 28.5 Å². The molecule has 1 fully saturated rings. The number of methoxy groups -OCH3 is 1. The molecule has 0 spiro atoms. The zero-order valence-corrected chi connectivity index (χ0v) is 14.9. The van der Waals surface area contributed by atoms with Gasteiger partial charge in [-0.25, -0.2) is 4.79 Å². The van der Waals surface area contributed by atoms with E-state index in [1.54, 1.807) is 26.2 Å². The van der Waals surface area contributed by atoms with Crippen LogP contribution < -0.4 is 9.47 Å². The van der Waals surface area contributed by atoms with Gasteiger partial charge in [-0.05, 0) is 50.0 Å². The smallest absolute Gasteiger partial charge is 0.330 e. The quantitative estimate of drug-likeness (QED) is 0.387. The number of hydrogen-bond acceptors (Lipinski definition) is 6. The van der Waals surface area contributed by atoms with Crippen molar-refractivity contribution in [3.8, 4) is 11.5 Å². The minimum absolute atomic E-state index is 0.127. The molecule has 2 rings (SSSR count). The van der Waals surface area contributed by atoms with E-state index in [1.807, 2.05) is 12.1 Å². The fourth-order valence-electron chi connectivity index (χ4n) is 2.44. The monoisotopic (exact) mass is 350 g/mol. The standard InChI is InChI=1S/C19H26O6/c1-3-22-18(20)10-8-15-7-9-16(21-2)17(14-15)23-12-13-25-19-6-4-5-11-24-19/h7-10,14,19H,3-6,11-13H2,1-2H3/b10-8+. The predicted octanol–water partition coefficient (Wildman–Crippen LogP) is 3.19. The lowest BCUT2D eigenvalue weighted by Gasteiger charge is -2.22. The van der Waals surface area contributed by atoms with Gasteiger partial charge in [0.25, 0.3) is 0 Å². The van der Waals surface area contributed by atoms with Crippen molar-refractivity contribution >= 4 is 12.0 Å². The van der Waals surface area contributed by atoms with Gasteiger partial charge in [-0.2, -0.15) is 0 Å². The zero-order valence-electron chi connectivity index (χ0n) is 14.9. The van der Waals surface area contributed by atoms with Crippen molar-refractivity contribution in [3.05, 3.63) is 29.8 Å². The Kier molecular flexibility index (Phi) is 8.28. The van der Waals surface area contributed by atoms with E-state index in [0.717, 1.165) is 31.4 Å². The first-order valence-electron chi connectivity index (χ1n) is 8.61. The van der Waals surface area contributed by atoms with E-state index in [2.05, 4.69) is 0 Å². The van der Waals surface area contributed by atoms with E-state index < -0.39 is 0 Å². The number of esters is 1. The van der Waals surface area contributed by atoms with Gasteiger partial charge in [0.15, 0.2) is 17.8 Å². The average molecular weight is 350 g/mol. The Labute approximate surface area is 148 Å². The van der Waals surface area contributed by atoms with E-state index in [1.165, 1.54) is 6.08 Å². The minimum atomic E-state index is -0.373. The summed E-state index contributed by atoms with van der Waals surface area (Å²) in [4.78, 5) is 11.4. The third kappa shape index (κ3) is 6.76. The van der Waals surface area contributed by atoms with Gasteiger partial charge in [0, 0.05) is 12.7 Å². The topological polar surface area (TPSA) is 63.2 Å². The molecule has 1 aromatic carbocycles. The summed E-state index contributed by atoms with van der Waals surface area (Å²) in [6, 6.07) is 5.45. The van der Waals surface area contributed by atoms with Crippen LogP contribution in [0.4, 0.5) is 0 Å². The van der Waals surface area contributed by atoms with E-state index in [9.17, 15) is 4.79 Å². The maximum absolute atomic E-state index is 11.4. The van der Waals surface area contributed by atoms with Crippen molar-refractivity contribution in [1.82, 2.24) is 0 Å². The van der Waals surface area contributed by atoms with Crippen molar-refractivity contribution in [1.29, 1.82) is 0 Å². The van der Waals surface area contributed by atoms with Crippen molar-refractivity contribution in [2.24, 2.45) is 0 Å². The van der Waals surface area contributed by atoms with Gasteiger partial charge in [0.05, 0.1) is 20.3 Å². The Balaban J connectivity index is 1.86. The molecule has 1 heterocycles. The van der Waals surface area contributed by atoms with Gasteiger partial charge >= 0.3 is 5.97 Å². The lowest BCUT2D eigenvalue weighted by molar-refractivity contribution is -0.165. The summed E-state index contributed by atoms with van der Waals surface area (Å²) in [5.41, 5.74) is 0.820. The fourth-order valence-corrected chi connectivity index (χ4v) is 2.44. The molecule has 0 bridgehead atoms. The van der Waals surface area contributed by atoms with Crippen molar-refractivity contribution in [2.45, 2.75) is 32.5 Å². The van der Waals surface area contributed by atoms with E-state index >= 15 is 0 Å². The number of benzene rings is 1. The highest BCUT2D eigenvalue weighted by Gasteiger charge is 2.14. The molecule has 0 aromatic heterocycles. The van der Waals surface area contributed by atoms with Gasteiger partial charge in [0.1, 0.15) is 6.61 Å². The van der Waals surface area contributed by atoms with Crippen LogP contribution in [0.15, 0.2) is 24.3 Å². The van der Waals surface area contributed by atoms with Crippen LogP contribution >= 0.6 is 0 Å². The van der Waals surface area contributed by atoms with E-state index in [4.69, 9.17) is 23.7 Å². The van der Waals surface area contributed by atoms with Crippen LogP contribution in [0, 0.1) is 0 Å². The van der Waals surface area contributed by atoms with Crippen molar-refractivity contribution in [3.63, 3.8) is 0 Å². The molecule has 1 aliphatic heterocycles. The van der Waals surface area contributed by atoms with Crippen LogP contribution in [0.5, 0.6) is 11.5 Å². The number of ether oxygens (including phenoxy) is 5. The van der Waals surface area contributed by atoms with Crippen LogP contribution in [-0.2, 0) is 19.0 Å². The summed E-state index contributed by atoms with van der Waals surface area (Å²) >= 11 is 0. The molecule has 6 heteroatoms. The lowest BCUT2D eigenvalue weighted by atomic mass is 10.2. The molecule has 1 atom stereocenters. The van der Waals surface area contributed by atoms with Gasteiger partial charge in [-0.1, -0.05) is 6.07 Å². The molecule has 6 nitrogen and oxygen atoms in total. The molecule has 138 valence electrons. The second kappa shape index (κ2) is 10.7. The van der Waals surface area contributed by atoms with Crippen LogP contribution in [0.1, 0.15) is 31.7 Å². The summed E-state index contributed by atoms with van der Waals surface area (Å²) < 4.78 is 27.1. The Bertz CT molecular complexity index is 563. The highest BCUT2D eigenvalue weighted by atomic mass is 16.7. The van der Waals surface area contributed by atoms with E-state index in [0.29, 0.717) is 31.3 Å². The van der Waals surface area contributed by atoms with Crippen LogP contribution in [-0.4, -0.2) is 45.8 Å². The Morgan fingerprint density at radius 2 is 2.16 bits per heavy atom. The number of carbonyl (C=O) groups excluding carboxylic acids is 1. The molecule has 25 heavy (non-hydrogen) atoms. The number of hydrogen-bond donors (Lipinski definition) is 0. The van der Waals surface area contributed by atoms with Gasteiger partial charge in [-0.3, -0.25) is 0 Å². The SMILES string of the molecule is CCOC(=O)/C=C/c1ccc(OC)c(OCCOC2CCCCO2)c1. The van der Waals surface area contributed by atoms with Gasteiger partial charge in [-0.15, -0.1) is 0 Å². The maximum Gasteiger partial charge on any atom is 0.330 e. The molecule has 1 unspecified atom stereocenters. The summed E-state index contributed by atoms with van der Waals surface area (Å²) in [5, 5.41) is 0. The van der Waals surface area contributed by atoms with Gasteiger partial charge in [0.2, 0.25) is 0 Å². The molecule has 0 amide bonds. The first kappa shape index (κ1) is 19.3. The molecule has 0 aliphatic carbocycles. The Morgan fingerprint density at radius 3 is 2.88 bits per heavy atom. The fraction of sp³-hybridized carbons (Fsp3) is 0.526. The highest BCUT2D eigenvalue weighted by Crippen LogP contribution is 2.28. The Hall–Kier alpha value is -2.05. The molecule has 1 saturated heterocycles. The minimum Gasteiger partial charge on any atom is -0.493 e. The summed E-state index contributed by atoms with van der Waals surface area (Å²) in [6.07, 6.45) is 6.10. The normalized spacial score (nSPS) is 17.4. The van der Waals surface area contributed by atoms with Crippen molar-refractivity contribution in [2.75, 3.05) is 33.5 Å². The van der Waals surface area contributed by atoms with Gasteiger partial charge < -0.3 is 23.7 Å². The Morgan fingerprint density at radius 1 is 1.28 bits per heavy atom. The first-order chi connectivity index (χ1) is 12.2.